The maximum atomic E-state index is 11.4. The molecule has 1 aromatic rings. The van der Waals surface area contributed by atoms with Crippen molar-refractivity contribution in [1.29, 1.82) is 0 Å². The predicted molar refractivity (Wildman–Crippen MR) is 81.8 cm³/mol. The van der Waals surface area contributed by atoms with Gasteiger partial charge in [-0.05, 0) is 38.5 Å². The number of rotatable bonds is 3. The Morgan fingerprint density at radius 2 is 2.00 bits per heavy atom. The Labute approximate surface area is 128 Å². The second-order valence-electron chi connectivity index (χ2n) is 5.29. The second kappa shape index (κ2) is 6.86. The van der Waals surface area contributed by atoms with E-state index in [1.54, 1.807) is 32.9 Å². The van der Waals surface area contributed by atoms with Crippen LogP contribution in [0.5, 0.6) is 0 Å². The molecule has 0 fully saturated rings. The lowest BCUT2D eigenvalue weighted by Gasteiger charge is -2.18. The van der Waals surface area contributed by atoms with Crippen molar-refractivity contribution in [2.75, 3.05) is 0 Å². The normalized spacial score (nSPS) is 12.2. The molecule has 0 radical (unpaired) electrons. The summed E-state index contributed by atoms with van der Waals surface area (Å²) in [6, 6.07) is 5.26. The lowest BCUT2D eigenvalue weighted by Crippen LogP contribution is -2.30. The first-order valence-electron chi connectivity index (χ1n) is 6.05. The summed E-state index contributed by atoms with van der Waals surface area (Å²) in [6.45, 7) is 5.36. The Bertz CT molecular complexity index is 522. The zero-order valence-electron chi connectivity index (χ0n) is 11.7. The van der Waals surface area contributed by atoms with Gasteiger partial charge in [-0.25, -0.2) is 4.79 Å². The summed E-state index contributed by atoms with van der Waals surface area (Å²) in [5.74, 6) is 0. The number of carbonyl (C=O) groups excluding carboxylic acids is 1. The van der Waals surface area contributed by atoms with Gasteiger partial charge in [0, 0.05) is 18.3 Å². The summed E-state index contributed by atoms with van der Waals surface area (Å²) in [4.78, 5) is 11.4. The van der Waals surface area contributed by atoms with Gasteiger partial charge in [0.15, 0.2) is 0 Å². The fourth-order valence-electron chi connectivity index (χ4n) is 1.40. The lowest BCUT2D eigenvalue weighted by atomic mass is 10.1. The summed E-state index contributed by atoms with van der Waals surface area (Å²) < 4.78 is 5.08. The highest BCUT2D eigenvalue weighted by molar-refractivity contribution is 6.42. The summed E-state index contributed by atoms with van der Waals surface area (Å²) in [5.41, 5.74) is 6.66. The Kier molecular flexibility index (Phi) is 5.72. The molecule has 6 heteroatoms. The molecule has 4 nitrogen and oxygen atoms in total. The van der Waals surface area contributed by atoms with E-state index in [1.807, 2.05) is 6.07 Å². The van der Waals surface area contributed by atoms with Crippen LogP contribution in [0.3, 0.4) is 0 Å². The number of carbonyl (C=O) groups is 1. The summed E-state index contributed by atoms with van der Waals surface area (Å²) in [5, 5.41) is 3.44. The van der Waals surface area contributed by atoms with Crippen LogP contribution < -0.4 is 11.1 Å². The first-order chi connectivity index (χ1) is 9.17. The molecular weight excluding hydrogens is 299 g/mol. The molecule has 1 amide bonds. The quantitative estimate of drug-likeness (QED) is 0.889. The zero-order valence-corrected chi connectivity index (χ0v) is 13.2. The van der Waals surface area contributed by atoms with Crippen LogP contribution >= 0.6 is 23.2 Å². The number of nitrogens with two attached hydrogens (primary N) is 1. The Hall–Kier alpha value is -1.39. The third kappa shape index (κ3) is 6.17. The molecule has 0 aliphatic heterocycles. The van der Waals surface area contributed by atoms with E-state index in [2.05, 4.69) is 5.32 Å². The highest BCUT2D eigenvalue weighted by Gasteiger charge is 2.15. The lowest BCUT2D eigenvalue weighted by molar-refractivity contribution is 0.0552. The van der Waals surface area contributed by atoms with Gasteiger partial charge in [-0.1, -0.05) is 29.3 Å². The van der Waals surface area contributed by atoms with E-state index in [4.69, 9.17) is 33.7 Å². The average Bonchev–Trinajstić information content (AvgIpc) is 2.29. The van der Waals surface area contributed by atoms with Crippen LogP contribution in [0.1, 0.15) is 26.3 Å². The Morgan fingerprint density at radius 3 is 2.55 bits per heavy atom. The van der Waals surface area contributed by atoms with Crippen LogP contribution in [-0.4, -0.2) is 11.7 Å². The van der Waals surface area contributed by atoms with Gasteiger partial charge in [0.1, 0.15) is 5.60 Å². The molecule has 3 N–H and O–H groups in total. The van der Waals surface area contributed by atoms with Gasteiger partial charge >= 0.3 is 6.09 Å². The van der Waals surface area contributed by atoms with Crippen molar-refractivity contribution in [1.82, 2.24) is 5.32 Å². The molecule has 0 heterocycles. The number of hydrogen-bond acceptors (Lipinski definition) is 3. The van der Waals surface area contributed by atoms with Crippen LogP contribution in [-0.2, 0) is 11.2 Å². The molecule has 0 saturated heterocycles. The van der Waals surface area contributed by atoms with Gasteiger partial charge < -0.3 is 10.5 Å². The van der Waals surface area contributed by atoms with Gasteiger partial charge in [-0.2, -0.15) is 0 Å². The van der Waals surface area contributed by atoms with E-state index in [9.17, 15) is 4.79 Å². The van der Waals surface area contributed by atoms with E-state index >= 15 is 0 Å². The van der Waals surface area contributed by atoms with Gasteiger partial charge in [0.2, 0.25) is 0 Å². The van der Waals surface area contributed by atoms with E-state index in [-0.39, 0.29) is 0 Å². The average molecular weight is 317 g/mol. The number of halogens is 2. The maximum absolute atomic E-state index is 11.4. The van der Waals surface area contributed by atoms with Gasteiger partial charge in [0.25, 0.3) is 0 Å². The molecule has 20 heavy (non-hydrogen) atoms. The minimum absolute atomic E-state index is 0.451. The van der Waals surface area contributed by atoms with E-state index in [0.717, 1.165) is 5.56 Å². The fourth-order valence-corrected chi connectivity index (χ4v) is 1.72. The number of hydrogen-bond donors (Lipinski definition) is 2. The van der Waals surface area contributed by atoms with Gasteiger partial charge in [-0.3, -0.25) is 5.32 Å². The molecule has 0 saturated carbocycles. The highest BCUT2D eigenvalue weighted by Crippen LogP contribution is 2.23. The van der Waals surface area contributed by atoms with Crippen LogP contribution in [0.4, 0.5) is 4.79 Å². The van der Waals surface area contributed by atoms with Crippen LogP contribution in [0, 0.1) is 0 Å². The monoisotopic (exact) mass is 316 g/mol. The molecule has 110 valence electrons. The van der Waals surface area contributed by atoms with Crippen LogP contribution in [0.15, 0.2) is 30.1 Å². The molecule has 0 aromatic heterocycles. The molecule has 0 aliphatic carbocycles. The third-order valence-corrected chi connectivity index (χ3v) is 2.91. The van der Waals surface area contributed by atoms with Crippen molar-refractivity contribution in [3.05, 3.63) is 45.7 Å². The van der Waals surface area contributed by atoms with Crippen molar-refractivity contribution >= 4 is 29.3 Å². The van der Waals surface area contributed by atoms with Gasteiger partial charge in [-0.15, -0.1) is 0 Å². The van der Waals surface area contributed by atoms with Crippen molar-refractivity contribution < 1.29 is 9.53 Å². The Balaban J connectivity index is 2.57. The summed E-state index contributed by atoms with van der Waals surface area (Å²) in [7, 11) is 0. The minimum Gasteiger partial charge on any atom is -0.444 e. The standard InChI is InChI=1S/C14H18Cl2N2O2/c1-14(2,3)20-13(19)18-8-10(17)6-9-4-5-11(15)12(16)7-9/h4-5,7-8H,6,17H2,1-3H3,(H,18,19)/b10-8+. The van der Waals surface area contributed by atoms with Crippen LogP contribution in [0.25, 0.3) is 0 Å². The number of nitrogens with one attached hydrogen (secondary N) is 1. The summed E-state index contributed by atoms with van der Waals surface area (Å²) in [6.07, 6.45) is 1.32. The number of alkyl carbamates (subject to hydrolysis) is 1. The predicted octanol–water partition coefficient (Wildman–Crippen LogP) is 3.86. The largest absolute Gasteiger partial charge is 0.444 e. The molecule has 0 aliphatic rings. The van der Waals surface area contributed by atoms with E-state index < -0.39 is 11.7 Å². The first kappa shape index (κ1) is 16.7. The first-order valence-corrected chi connectivity index (χ1v) is 6.81. The second-order valence-corrected chi connectivity index (χ2v) is 6.11. The molecule has 1 rings (SSSR count). The topological polar surface area (TPSA) is 64.3 Å². The SMILES string of the molecule is CC(C)(C)OC(=O)N/C=C(/N)Cc1ccc(Cl)c(Cl)c1. The molecule has 0 atom stereocenters. The van der Waals surface area contributed by atoms with Crippen LogP contribution in [0.2, 0.25) is 10.0 Å². The highest BCUT2D eigenvalue weighted by atomic mass is 35.5. The van der Waals surface area contributed by atoms with Crippen molar-refractivity contribution in [2.45, 2.75) is 32.8 Å². The number of ether oxygens (including phenoxy) is 1. The van der Waals surface area contributed by atoms with Crippen molar-refractivity contribution in [3.8, 4) is 0 Å². The molecule has 0 unspecified atom stereocenters. The van der Waals surface area contributed by atoms with E-state index in [1.165, 1.54) is 6.20 Å². The Morgan fingerprint density at radius 1 is 1.35 bits per heavy atom. The van der Waals surface area contributed by atoms with Crippen molar-refractivity contribution in [3.63, 3.8) is 0 Å². The van der Waals surface area contributed by atoms with E-state index in [0.29, 0.717) is 22.2 Å². The minimum atomic E-state index is -0.547. The molecular formula is C14H18Cl2N2O2. The smallest absolute Gasteiger partial charge is 0.411 e. The number of benzene rings is 1. The zero-order chi connectivity index (χ0) is 15.3. The van der Waals surface area contributed by atoms with Crippen molar-refractivity contribution in [2.24, 2.45) is 5.73 Å². The third-order valence-electron chi connectivity index (χ3n) is 2.17. The molecule has 0 bridgehead atoms. The number of amides is 1. The molecule has 1 aromatic carbocycles. The fraction of sp³-hybridized carbons (Fsp3) is 0.357. The maximum Gasteiger partial charge on any atom is 0.411 e. The number of allylic oxidation sites excluding steroid dienone is 1. The molecule has 0 spiro atoms. The summed E-state index contributed by atoms with van der Waals surface area (Å²) >= 11 is 11.7. The van der Waals surface area contributed by atoms with Gasteiger partial charge in [0.05, 0.1) is 10.0 Å².